The number of benzene rings is 1. The molecule has 4 nitrogen and oxygen atoms in total. The van der Waals surface area contributed by atoms with Crippen molar-refractivity contribution in [2.75, 3.05) is 5.73 Å². The van der Waals surface area contributed by atoms with Crippen LogP contribution in [0.5, 0.6) is 0 Å². The second-order valence-corrected chi connectivity index (χ2v) is 2.75. The van der Waals surface area contributed by atoms with Gasteiger partial charge in [0.2, 0.25) is 5.95 Å². The fraction of sp³-hybridized carbons (Fsp3) is 0. The monoisotopic (exact) mass is 214 g/mol. The highest BCUT2D eigenvalue weighted by atomic mass is 19.2. The highest BCUT2D eigenvalue weighted by Gasteiger charge is 2.13. The van der Waals surface area contributed by atoms with E-state index in [4.69, 9.17) is 5.73 Å². The first-order valence-electron chi connectivity index (χ1n) is 3.90. The molecule has 78 valence electrons. The number of hydrogen-bond donors (Lipinski definition) is 1. The summed E-state index contributed by atoms with van der Waals surface area (Å²) in [6.07, 6.45) is 1.12. The van der Waals surface area contributed by atoms with Crippen molar-refractivity contribution in [3.63, 3.8) is 0 Å². The van der Waals surface area contributed by atoms with Crippen LogP contribution in [0.4, 0.5) is 19.1 Å². The van der Waals surface area contributed by atoms with Gasteiger partial charge >= 0.3 is 0 Å². The second-order valence-electron chi connectivity index (χ2n) is 2.75. The van der Waals surface area contributed by atoms with Crippen molar-refractivity contribution in [1.82, 2.24) is 14.8 Å². The second kappa shape index (κ2) is 3.26. The molecule has 2 rings (SSSR count). The summed E-state index contributed by atoms with van der Waals surface area (Å²) >= 11 is 0. The molecule has 2 aromatic rings. The molecule has 0 aliphatic heterocycles. The summed E-state index contributed by atoms with van der Waals surface area (Å²) in [7, 11) is 0. The van der Waals surface area contributed by atoms with Crippen LogP contribution in [-0.4, -0.2) is 14.8 Å². The van der Waals surface area contributed by atoms with Gasteiger partial charge in [0.1, 0.15) is 6.33 Å². The number of rotatable bonds is 1. The molecule has 0 spiro atoms. The molecule has 1 aromatic carbocycles. The van der Waals surface area contributed by atoms with E-state index in [9.17, 15) is 13.2 Å². The third kappa shape index (κ3) is 1.51. The number of nitrogens with zero attached hydrogens (tertiary/aromatic N) is 3. The van der Waals surface area contributed by atoms with E-state index in [2.05, 4.69) is 10.1 Å². The quantitative estimate of drug-likeness (QED) is 0.727. The van der Waals surface area contributed by atoms with Crippen LogP contribution >= 0.6 is 0 Å². The van der Waals surface area contributed by atoms with Gasteiger partial charge in [0.25, 0.3) is 0 Å². The highest BCUT2D eigenvalue weighted by Crippen LogP contribution is 2.17. The van der Waals surface area contributed by atoms with Crippen molar-refractivity contribution in [1.29, 1.82) is 0 Å². The third-order valence-corrected chi connectivity index (χ3v) is 1.79. The summed E-state index contributed by atoms with van der Waals surface area (Å²) in [4.78, 5) is 3.57. The predicted molar refractivity (Wildman–Crippen MR) is 45.6 cm³/mol. The Labute approximate surface area is 82.2 Å². The minimum atomic E-state index is -1.53. The molecule has 1 aromatic heterocycles. The zero-order chi connectivity index (χ0) is 11.0. The van der Waals surface area contributed by atoms with Crippen LogP contribution in [0, 0.1) is 17.5 Å². The Kier molecular flexibility index (Phi) is 2.07. The number of nitrogens with two attached hydrogens (primary N) is 1. The van der Waals surface area contributed by atoms with E-state index in [1.54, 1.807) is 0 Å². The maximum absolute atomic E-state index is 12.8. The molecule has 0 aliphatic carbocycles. The molecule has 0 saturated heterocycles. The number of anilines is 1. The molecule has 1 heterocycles. The van der Waals surface area contributed by atoms with Crippen LogP contribution in [0.2, 0.25) is 0 Å². The topological polar surface area (TPSA) is 56.7 Å². The van der Waals surface area contributed by atoms with Gasteiger partial charge in [0.15, 0.2) is 17.5 Å². The molecule has 0 atom stereocenters. The molecular weight excluding hydrogens is 209 g/mol. The van der Waals surface area contributed by atoms with E-state index in [0.717, 1.165) is 23.1 Å². The SMILES string of the molecule is Nc1ncnn1-c1cc(F)c(F)c(F)c1. The van der Waals surface area contributed by atoms with Gasteiger partial charge in [-0.2, -0.15) is 14.8 Å². The average Bonchev–Trinajstić information content (AvgIpc) is 2.60. The molecule has 0 radical (unpaired) electrons. The molecule has 0 fully saturated rings. The van der Waals surface area contributed by atoms with Gasteiger partial charge in [0, 0.05) is 12.1 Å². The minimum absolute atomic E-state index is 0.0265. The standard InChI is InChI=1S/C8H5F3N4/c9-5-1-4(2-6(10)7(5)11)15-8(12)13-3-14-15/h1-3H,(H2,12,13,14). The number of nitrogen functional groups attached to an aromatic ring is 1. The number of hydrogen-bond acceptors (Lipinski definition) is 3. The summed E-state index contributed by atoms with van der Waals surface area (Å²) in [5.74, 6) is -4.18. The van der Waals surface area contributed by atoms with Gasteiger partial charge in [-0.15, -0.1) is 0 Å². The van der Waals surface area contributed by atoms with Crippen molar-refractivity contribution in [3.8, 4) is 5.69 Å². The van der Waals surface area contributed by atoms with Gasteiger partial charge in [-0.1, -0.05) is 0 Å². The van der Waals surface area contributed by atoms with Crippen molar-refractivity contribution in [2.45, 2.75) is 0 Å². The summed E-state index contributed by atoms with van der Waals surface area (Å²) in [6.45, 7) is 0. The third-order valence-electron chi connectivity index (χ3n) is 1.79. The lowest BCUT2D eigenvalue weighted by Crippen LogP contribution is -2.04. The smallest absolute Gasteiger partial charge is 0.223 e. The maximum atomic E-state index is 12.8. The van der Waals surface area contributed by atoms with Crippen molar-refractivity contribution in [2.24, 2.45) is 0 Å². The maximum Gasteiger partial charge on any atom is 0.223 e. The molecule has 0 bridgehead atoms. The van der Waals surface area contributed by atoms with Crippen LogP contribution in [0.1, 0.15) is 0 Å². The minimum Gasteiger partial charge on any atom is -0.368 e. The first kappa shape index (κ1) is 9.50. The van der Waals surface area contributed by atoms with Crippen LogP contribution in [0.25, 0.3) is 5.69 Å². The van der Waals surface area contributed by atoms with E-state index >= 15 is 0 Å². The summed E-state index contributed by atoms with van der Waals surface area (Å²) < 4.78 is 39.3. The summed E-state index contributed by atoms with van der Waals surface area (Å²) in [5.41, 5.74) is 5.34. The van der Waals surface area contributed by atoms with Crippen LogP contribution in [0.3, 0.4) is 0 Å². The molecule has 0 saturated carbocycles. The van der Waals surface area contributed by atoms with Crippen LogP contribution < -0.4 is 5.73 Å². The molecule has 0 unspecified atom stereocenters. The predicted octanol–water partition coefficient (Wildman–Crippen LogP) is 1.27. The Morgan fingerprint density at radius 2 is 1.73 bits per heavy atom. The number of halogens is 3. The molecule has 0 amide bonds. The molecule has 7 heteroatoms. The van der Waals surface area contributed by atoms with Gasteiger partial charge in [-0.25, -0.2) is 13.2 Å². The lowest BCUT2D eigenvalue weighted by atomic mass is 10.3. The van der Waals surface area contributed by atoms with Gasteiger partial charge in [-0.3, -0.25) is 0 Å². The van der Waals surface area contributed by atoms with Crippen LogP contribution in [-0.2, 0) is 0 Å². The Hall–Kier alpha value is -2.05. The summed E-state index contributed by atoms with van der Waals surface area (Å²) in [5, 5.41) is 3.62. The van der Waals surface area contributed by atoms with Crippen molar-refractivity contribution < 1.29 is 13.2 Å². The summed E-state index contributed by atoms with van der Waals surface area (Å²) in [6, 6.07) is 1.56. The van der Waals surface area contributed by atoms with E-state index < -0.39 is 17.5 Å². The zero-order valence-corrected chi connectivity index (χ0v) is 7.28. The van der Waals surface area contributed by atoms with E-state index in [-0.39, 0.29) is 11.6 Å². The van der Waals surface area contributed by atoms with E-state index in [0.29, 0.717) is 0 Å². The average molecular weight is 214 g/mol. The Morgan fingerprint density at radius 1 is 1.13 bits per heavy atom. The fourth-order valence-corrected chi connectivity index (χ4v) is 1.11. The Morgan fingerprint density at radius 3 is 2.20 bits per heavy atom. The Balaban J connectivity index is 2.60. The first-order chi connectivity index (χ1) is 7.09. The van der Waals surface area contributed by atoms with E-state index in [1.807, 2.05) is 0 Å². The number of aromatic nitrogens is 3. The molecular formula is C8H5F3N4. The lowest BCUT2D eigenvalue weighted by Gasteiger charge is -2.03. The lowest BCUT2D eigenvalue weighted by molar-refractivity contribution is 0.446. The van der Waals surface area contributed by atoms with Gasteiger partial charge < -0.3 is 5.73 Å². The molecule has 0 aliphatic rings. The molecule has 2 N–H and O–H groups in total. The van der Waals surface area contributed by atoms with Crippen LogP contribution in [0.15, 0.2) is 18.5 Å². The largest absolute Gasteiger partial charge is 0.368 e. The van der Waals surface area contributed by atoms with Crippen molar-refractivity contribution in [3.05, 3.63) is 35.9 Å². The zero-order valence-electron chi connectivity index (χ0n) is 7.28. The Bertz CT molecular complexity index is 485. The fourth-order valence-electron chi connectivity index (χ4n) is 1.11. The first-order valence-corrected chi connectivity index (χ1v) is 3.90. The van der Waals surface area contributed by atoms with Crippen molar-refractivity contribution >= 4 is 5.95 Å². The normalized spacial score (nSPS) is 10.6. The molecule has 15 heavy (non-hydrogen) atoms. The van der Waals surface area contributed by atoms with Gasteiger partial charge in [-0.05, 0) is 0 Å². The highest BCUT2D eigenvalue weighted by molar-refractivity contribution is 5.37. The van der Waals surface area contributed by atoms with Gasteiger partial charge in [0.05, 0.1) is 5.69 Å². The van der Waals surface area contributed by atoms with E-state index in [1.165, 1.54) is 0 Å².